The SMILES string of the molecule is CCc1ccc(CNC2CCN(C(=O)C(C)(C)C)CC2)o1. The van der Waals surface area contributed by atoms with E-state index in [1.165, 1.54) is 0 Å². The van der Waals surface area contributed by atoms with Gasteiger partial charge < -0.3 is 14.6 Å². The maximum Gasteiger partial charge on any atom is 0.227 e. The Hall–Kier alpha value is -1.29. The van der Waals surface area contributed by atoms with E-state index in [0.29, 0.717) is 6.04 Å². The van der Waals surface area contributed by atoms with Crippen LogP contribution in [0.15, 0.2) is 16.5 Å². The van der Waals surface area contributed by atoms with Gasteiger partial charge in [-0.15, -0.1) is 0 Å². The highest BCUT2D eigenvalue weighted by molar-refractivity contribution is 5.81. The molecule has 1 aromatic heterocycles. The van der Waals surface area contributed by atoms with Gasteiger partial charge in [-0.05, 0) is 25.0 Å². The first-order chi connectivity index (χ1) is 9.90. The maximum absolute atomic E-state index is 12.2. The zero-order valence-electron chi connectivity index (χ0n) is 13.7. The van der Waals surface area contributed by atoms with Crippen molar-refractivity contribution in [2.75, 3.05) is 13.1 Å². The monoisotopic (exact) mass is 292 g/mol. The molecule has 1 amide bonds. The van der Waals surface area contributed by atoms with Crippen molar-refractivity contribution in [3.05, 3.63) is 23.7 Å². The Morgan fingerprint density at radius 2 is 1.90 bits per heavy atom. The highest BCUT2D eigenvalue weighted by atomic mass is 16.3. The van der Waals surface area contributed by atoms with Crippen molar-refractivity contribution in [2.45, 2.75) is 59.5 Å². The van der Waals surface area contributed by atoms with Gasteiger partial charge in [-0.25, -0.2) is 0 Å². The molecule has 1 aliphatic heterocycles. The number of hydrogen-bond acceptors (Lipinski definition) is 3. The first kappa shape index (κ1) is 16.1. The van der Waals surface area contributed by atoms with Gasteiger partial charge in [0.15, 0.2) is 0 Å². The lowest BCUT2D eigenvalue weighted by Crippen LogP contribution is -2.48. The van der Waals surface area contributed by atoms with Crippen LogP contribution in [0.4, 0.5) is 0 Å². The summed E-state index contributed by atoms with van der Waals surface area (Å²) in [6.45, 7) is 10.5. The number of carbonyl (C=O) groups excluding carboxylic acids is 1. The molecule has 0 saturated carbocycles. The topological polar surface area (TPSA) is 45.5 Å². The lowest BCUT2D eigenvalue weighted by atomic mass is 9.93. The van der Waals surface area contributed by atoms with Crippen LogP contribution >= 0.6 is 0 Å². The molecular formula is C17H28N2O2. The molecule has 1 N–H and O–H groups in total. The number of amides is 1. The van der Waals surface area contributed by atoms with Crippen molar-refractivity contribution >= 4 is 5.91 Å². The van der Waals surface area contributed by atoms with Crippen LogP contribution in [0.2, 0.25) is 0 Å². The molecule has 0 spiro atoms. The van der Waals surface area contributed by atoms with Crippen LogP contribution in [0, 0.1) is 5.41 Å². The number of nitrogens with one attached hydrogen (secondary N) is 1. The molecule has 0 unspecified atom stereocenters. The summed E-state index contributed by atoms with van der Waals surface area (Å²) in [5.41, 5.74) is -0.273. The smallest absolute Gasteiger partial charge is 0.227 e. The second-order valence-electron chi connectivity index (χ2n) is 6.92. The number of likely N-dealkylation sites (tertiary alicyclic amines) is 1. The Morgan fingerprint density at radius 1 is 1.29 bits per heavy atom. The number of aryl methyl sites for hydroxylation is 1. The Balaban J connectivity index is 1.75. The molecule has 0 bridgehead atoms. The largest absolute Gasteiger partial charge is 0.465 e. The summed E-state index contributed by atoms with van der Waals surface area (Å²) in [6, 6.07) is 4.57. The van der Waals surface area contributed by atoms with Crippen molar-refractivity contribution in [3.63, 3.8) is 0 Å². The predicted octanol–water partition coefficient (Wildman–Crippen LogP) is 2.97. The Bertz CT molecular complexity index is 465. The fraction of sp³-hybridized carbons (Fsp3) is 0.706. The van der Waals surface area contributed by atoms with Crippen molar-refractivity contribution in [2.24, 2.45) is 5.41 Å². The number of nitrogens with zero attached hydrogens (tertiary/aromatic N) is 1. The molecule has 0 aromatic carbocycles. The standard InChI is InChI=1S/C17H28N2O2/c1-5-14-6-7-15(21-14)12-18-13-8-10-19(11-9-13)16(20)17(2,3)4/h6-7,13,18H,5,8-12H2,1-4H3. The van der Waals surface area contributed by atoms with Gasteiger partial charge in [-0.1, -0.05) is 27.7 Å². The molecule has 1 aromatic rings. The van der Waals surface area contributed by atoms with E-state index in [-0.39, 0.29) is 11.3 Å². The number of piperidine rings is 1. The number of rotatable bonds is 4. The van der Waals surface area contributed by atoms with Crippen molar-refractivity contribution in [1.29, 1.82) is 0 Å². The van der Waals surface area contributed by atoms with Gasteiger partial charge in [0.05, 0.1) is 6.54 Å². The number of hydrogen-bond donors (Lipinski definition) is 1. The summed E-state index contributed by atoms with van der Waals surface area (Å²) in [4.78, 5) is 14.2. The Morgan fingerprint density at radius 3 is 2.43 bits per heavy atom. The molecule has 1 saturated heterocycles. The van der Waals surface area contributed by atoms with Gasteiger partial charge in [-0.2, -0.15) is 0 Å². The predicted molar refractivity (Wildman–Crippen MR) is 84.0 cm³/mol. The fourth-order valence-electron chi connectivity index (χ4n) is 2.71. The average Bonchev–Trinajstić information content (AvgIpc) is 2.92. The summed E-state index contributed by atoms with van der Waals surface area (Å²) in [5.74, 6) is 2.30. The van der Waals surface area contributed by atoms with E-state index >= 15 is 0 Å². The zero-order chi connectivity index (χ0) is 15.5. The first-order valence-electron chi connectivity index (χ1n) is 8.00. The highest BCUT2D eigenvalue weighted by Gasteiger charge is 2.30. The maximum atomic E-state index is 12.2. The lowest BCUT2D eigenvalue weighted by molar-refractivity contribution is -0.140. The van der Waals surface area contributed by atoms with Crippen LogP contribution < -0.4 is 5.32 Å². The van der Waals surface area contributed by atoms with E-state index in [2.05, 4.69) is 12.2 Å². The molecule has 1 aliphatic rings. The van der Waals surface area contributed by atoms with Crippen LogP contribution in [-0.2, 0) is 17.8 Å². The summed E-state index contributed by atoms with van der Waals surface area (Å²) in [5, 5.41) is 3.54. The normalized spacial score (nSPS) is 17.2. The summed E-state index contributed by atoms with van der Waals surface area (Å²) in [7, 11) is 0. The van der Waals surface area contributed by atoms with E-state index in [4.69, 9.17) is 4.42 Å². The highest BCUT2D eigenvalue weighted by Crippen LogP contribution is 2.21. The van der Waals surface area contributed by atoms with Crippen molar-refractivity contribution in [3.8, 4) is 0 Å². The first-order valence-corrected chi connectivity index (χ1v) is 8.00. The van der Waals surface area contributed by atoms with E-state index < -0.39 is 0 Å². The van der Waals surface area contributed by atoms with E-state index in [1.54, 1.807) is 0 Å². The van der Waals surface area contributed by atoms with Crippen molar-refractivity contribution in [1.82, 2.24) is 10.2 Å². The van der Waals surface area contributed by atoms with Crippen LogP contribution in [0.25, 0.3) is 0 Å². The quantitative estimate of drug-likeness (QED) is 0.928. The van der Waals surface area contributed by atoms with Gasteiger partial charge >= 0.3 is 0 Å². The van der Waals surface area contributed by atoms with Crippen molar-refractivity contribution < 1.29 is 9.21 Å². The summed E-state index contributed by atoms with van der Waals surface area (Å²) >= 11 is 0. The summed E-state index contributed by atoms with van der Waals surface area (Å²) < 4.78 is 5.70. The number of carbonyl (C=O) groups is 1. The second kappa shape index (κ2) is 6.65. The fourth-order valence-corrected chi connectivity index (χ4v) is 2.71. The van der Waals surface area contributed by atoms with Gasteiger partial charge in [0.1, 0.15) is 11.5 Å². The summed E-state index contributed by atoms with van der Waals surface area (Å²) in [6.07, 6.45) is 2.97. The van der Waals surface area contributed by atoms with E-state index in [0.717, 1.165) is 50.4 Å². The molecule has 2 heterocycles. The number of furan rings is 1. The second-order valence-corrected chi connectivity index (χ2v) is 6.92. The van der Waals surface area contributed by atoms with Gasteiger partial charge in [-0.3, -0.25) is 4.79 Å². The molecule has 2 rings (SSSR count). The molecule has 4 heteroatoms. The average molecular weight is 292 g/mol. The van der Waals surface area contributed by atoms with E-state index in [9.17, 15) is 4.79 Å². The van der Waals surface area contributed by atoms with Gasteiger partial charge in [0, 0.05) is 31.0 Å². The minimum Gasteiger partial charge on any atom is -0.465 e. The minimum absolute atomic E-state index is 0.263. The molecule has 1 fully saturated rings. The Labute approximate surface area is 127 Å². The third-order valence-corrected chi connectivity index (χ3v) is 4.05. The zero-order valence-corrected chi connectivity index (χ0v) is 13.7. The molecular weight excluding hydrogens is 264 g/mol. The third kappa shape index (κ3) is 4.34. The molecule has 0 atom stereocenters. The Kier molecular flexibility index (Phi) is 5.09. The van der Waals surface area contributed by atoms with E-state index in [1.807, 2.05) is 37.8 Å². The minimum atomic E-state index is -0.273. The van der Waals surface area contributed by atoms with Gasteiger partial charge in [0.2, 0.25) is 5.91 Å². The third-order valence-electron chi connectivity index (χ3n) is 4.05. The molecule has 118 valence electrons. The van der Waals surface area contributed by atoms with Crippen LogP contribution in [0.5, 0.6) is 0 Å². The van der Waals surface area contributed by atoms with Crippen LogP contribution in [-0.4, -0.2) is 29.9 Å². The lowest BCUT2D eigenvalue weighted by Gasteiger charge is -2.36. The van der Waals surface area contributed by atoms with Crippen LogP contribution in [0.1, 0.15) is 52.1 Å². The van der Waals surface area contributed by atoms with Crippen LogP contribution in [0.3, 0.4) is 0 Å². The molecule has 21 heavy (non-hydrogen) atoms. The molecule has 0 aliphatic carbocycles. The molecule has 0 radical (unpaired) electrons. The van der Waals surface area contributed by atoms with Gasteiger partial charge in [0.25, 0.3) is 0 Å². The molecule has 4 nitrogen and oxygen atoms in total.